The summed E-state index contributed by atoms with van der Waals surface area (Å²) < 4.78 is 1.61. The van der Waals surface area contributed by atoms with Crippen molar-refractivity contribution < 1.29 is 31.3 Å². The molecule has 0 aliphatic heterocycles. The highest BCUT2D eigenvalue weighted by Gasteiger charge is 2.21. The minimum atomic E-state index is -0.545. The second-order valence-electron chi connectivity index (χ2n) is 5.68. The van der Waals surface area contributed by atoms with Gasteiger partial charge < -0.3 is 17.0 Å². The summed E-state index contributed by atoms with van der Waals surface area (Å²) in [6.45, 7) is 2.01. The van der Waals surface area contributed by atoms with Crippen molar-refractivity contribution in [1.82, 2.24) is 4.98 Å². The van der Waals surface area contributed by atoms with Gasteiger partial charge in [-0.05, 0) is 18.0 Å². The van der Waals surface area contributed by atoms with E-state index in [0.717, 1.165) is 11.3 Å². The van der Waals surface area contributed by atoms with Crippen molar-refractivity contribution >= 4 is 11.5 Å². The number of benzene rings is 2. The number of carbonyl (C=O) groups excluding carboxylic acids is 1. The van der Waals surface area contributed by atoms with Gasteiger partial charge in [-0.15, -0.1) is 0 Å². The average molecular weight is 414 g/mol. The lowest BCUT2D eigenvalue weighted by Crippen LogP contribution is -3.00. The molecule has 0 bridgehead atoms. The van der Waals surface area contributed by atoms with Gasteiger partial charge >= 0.3 is 0 Å². The number of hydrogen-bond donors (Lipinski definition) is 0. The number of ketones is 1. The molecule has 132 valence electrons. The lowest BCUT2D eigenvalue weighted by molar-refractivity contribution is -0.686. The van der Waals surface area contributed by atoms with Gasteiger partial charge in [0, 0.05) is 17.7 Å². The molecule has 1 heterocycles. The third-order valence-corrected chi connectivity index (χ3v) is 3.84. The van der Waals surface area contributed by atoms with Crippen LogP contribution in [-0.4, -0.2) is 15.7 Å². The molecule has 0 amide bonds. The van der Waals surface area contributed by atoms with Gasteiger partial charge in [0.2, 0.25) is 5.78 Å². The number of Topliss-reactive ketones (excluding diaryl/α,β-unsaturated/α-hetero) is 1. The molecular weight excluding hydrogens is 398 g/mol. The first kappa shape index (κ1) is 19.4. The van der Waals surface area contributed by atoms with E-state index in [4.69, 9.17) is 0 Å². The van der Waals surface area contributed by atoms with Gasteiger partial charge in [0.1, 0.15) is 0 Å². The fraction of sp³-hybridized carbons (Fsp3) is 0.105. The molecule has 0 spiro atoms. The Labute approximate surface area is 161 Å². The monoisotopic (exact) mass is 413 g/mol. The Balaban J connectivity index is 0.00000243. The summed E-state index contributed by atoms with van der Waals surface area (Å²) in [5.41, 5.74) is 2.88. The number of aromatic nitrogens is 2. The SMILES string of the molecule is Cc1ccc(-c2cc[n+](CC(=O)c3ccccc3[N+](=O)[O-])cn2)cc1.[Br-]. The van der Waals surface area contributed by atoms with Crippen LogP contribution in [0.15, 0.2) is 67.1 Å². The largest absolute Gasteiger partial charge is 1.00 e. The van der Waals surface area contributed by atoms with E-state index in [0.29, 0.717) is 0 Å². The lowest BCUT2D eigenvalue weighted by atomic mass is 10.1. The molecule has 0 unspecified atom stereocenters. The second-order valence-corrected chi connectivity index (χ2v) is 5.68. The number of halogens is 1. The van der Waals surface area contributed by atoms with E-state index in [1.54, 1.807) is 29.2 Å². The maximum atomic E-state index is 12.4. The quantitative estimate of drug-likeness (QED) is 0.258. The third kappa shape index (κ3) is 4.37. The van der Waals surface area contributed by atoms with Gasteiger partial charge in [-0.1, -0.05) is 42.0 Å². The Bertz CT molecular complexity index is 926. The molecule has 1 aromatic heterocycles. The first-order valence-electron chi connectivity index (χ1n) is 7.73. The van der Waals surface area contributed by atoms with E-state index in [2.05, 4.69) is 4.98 Å². The van der Waals surface area contributed by atoms with E-state index in [-0.39, 0.29) is 40.6 Å². The van der Waals surface area contributed by atoms with Crippen LogP contribution in [0, 0.1) is 17.0 Å². The minimum Gasteiger partial charge on any atom is -1.00 e. The zero-order chi connectivity index (χ0) is 17.8. The van der Waals surface area contributed by atoms with Crippen molar-refractivity contribution in [2.45, 2.75) is 13.5 Å². The number of rotatable bonds is 5. The van der Waals surface area contributed by atoms with Gasteiger partial charge in [-0.3, -0.25) is 14.9 Å². The van der Waals surface area contributed by atoms with Crippen molar-refractivity contribution in [1.29, 1.82) is 0 Å². The number of para-hydroxylation sites is 1. The van der Waals surface area contributed by atoms with E-state index < -0.39 is 4.92 Å². The number of carbonyl (C=O) groups is 1. The predicted octanol–water partition coefficient (Wildman–Crippen LogP) is 0.140. The molecule has 26 heavy (non-hydrogen) atoms. The summed E-state index contributed by atoms with van der Waals surface area (Å²) in [5.74, 6) is -0.331. The highest BCUT2D eigenvalue weighted by atomic mass is 79.9. The number of nitro groups is 1. The molecule has 0 aliphatic carbocycles. The first-order chi connectivity index (χ1) is 12.0. The van der Waals surface area contributed by atoms with Crippen LogP contribution in [-0.2, 0) is 6.54 Å². The fourth-order valence-electron chi connectivity index (χ4n) is 2.49. The molecule has 0 saturated heterocycles. The smallest absolute Gasteiger partial charge is 0.287 e. The molecule has 2 aromatic carbocycles. The maximum absolute atomic E-state index is 12.4. The van der Waals surface area contributed by atoms with Crippen LogP contribution in [0.5, 0.6) is 0 Å². The molecule has 6 nitrogen and oxygen atoms in total. The Kier molecular flexibility index (Phi) is 6.30. The van der Waals surface area contributed by atoms with Gasteiger partial charge in [-0.25, -0.2) is 4.57 Å². The average Bonchev–Trinajstić information content (AvgIpc) is 2.63. The Morgan fingerprint density at radius 3 is 2.42 bits per heavy atom. The molecule has 3 aromatic rings. The van der Waals surface area contributed by atoms with E-state index in [1.807, 2.05) is 37.3 Å². The molecule has 7 heteroatoms. The molecule has 0 fully saturated rings. The maximum Gasteiger partial charge on any atom is 0.287 e. The first-order valence-corrected chi connectivity index (χ1v) is 7.73. The topological polar surface area (TPSA) is 77.0 Å². The third-order valence-electron chi connectivity index (χ3n) is 3.84. The Morgan fingerprint density at radius 1 is 1.12 bits per heavy atom. The molecular formula is C19H16BrN3O3. The minimum absolute atomic E-state index is 0. The zero-order valence-corrected chi connectivity index (χ0v) is 15.6. The standard InChI is InChI=1S/C19H16N3O3.BrH/c1-14-6-8-15(9-7-14)17-10-11-21(13-20-17)12-19(23)16-4-2-3-5-18(16)22(24)25;/h2-11,13H,12H2,1H3;1H/q+1;/p-1. The van der Waals surface area contributed by atoms with Crippen LogP contribution in [0.4, 0.5) is 5.69 Å². The molecule has 0 N–H and O–H groups in total. The summed E-state index contributed by atoms with van der Waals surface area (Å²) in [6.07, 6.45) is 3.30. The molecule has 3 rings (SSSR count). The highest BCUT2D eigenvalue weighted by Crippen LogP contribution is 2.18. The van der Waals surface area contributed by atoms with Crippen LogP contribution in [0.25, 0.3) is 11.3 Å². The van der Waals surface area contributed by atoms with Crippen LogP contribution >= 0.6 is 0 Å². The van der Waals surface area contributed by atoms with Crippen LogP contribution in [0.1, 0.15) is 15.9 Å². The number of nitro benzene ring substituents is 1. The molecule has 0 aliphatic rings. The summed E-state index contributed by atoms with van der Waals surface area (Å²) in [7, 11) is 0. The van der Waals surface area contributed by atoms with E-state index >= 15 is 0 Å². The number of nitrogens with zero attached hydrogens (tertiary/aromatic N) is 3. The Hall–Kier alpha value is -2.93. The normalized spacial score (nSPS) is 10.0. The molecule has 0 atom stereocenters. The zero-order valence-electron chi connectivity index (χ0n) is 14.0. The Morgan fingerprint density at radius 2 is 1.81 bits per heavy atom. The van der Waals surface area contributed by atoms with Crippen molar-refractivity contribution in [3.63, 3.8) is 0 Å². The summed E-state index contributed by atoms with van der Waals surface area (Å²) in [5, 5.41) is 11.0. The summed E-state index contributed by atoms with van der Waals surface area (Å²) >= 11 is 0. The molecule has 0 radical (unpaired) electrons. The van der Waals surface area contributed by atoms with Crippen LogP contribution < -0.4 is 21.5 Å². The van der Waals surface area contributed by atoms with Crippen LogP contribution in [0.2, 0.25) is 0 Å². The highest BCUT2D eigenvalue weighted by molar-refractivity contribution is 5.98. The van der Waals surface area contributed by atoms with Gasteiger partial charge in [0.05, 0.1) is 16.7 Å². The van der Waals surface area contributed by atoms with Crippen molar-refractivity contribution in [2.24, 2.45) is 0 Å². The van der Waals surface area contributed by atoms with Crippen molar-refractivity contribution in [3.8, 4) is 11.3 Å². The van der Waals surface area contributed by atoms with Crippen molar-refractivity contribution in [2.75, 3.05) is 0 Å². The number of hydrogen-bond acceptors (Lipinski definition) is 4. The van der Waals surface area contributed by atoms with Gasteiger partial charge in [0.25, 0.3) is 12.0 Å². The predicted molar refractivity (Wildman–Crippen MR) is 92.0 cm³/mol. The van der Waals surface area contributed by atoms with Gasteiger partial charge in [-0.2, -0.15) is 0 Å². The fourth-order valence-corrected chi connectivity index (χ4v) is 2.49. The van der Waals surface area contributed by atoms with E-state index in [9.17, 15) is 14.9 Å². The van der Waals surface area contributed by atoms with E-state index in [1.165, 1.54) is 17.7 Å². The van der Waals surface area contributed by atoms with Crippen molar-refractivity contribution in [3.05, 3.63) is 88.4 Å². The number of aryl methyl sites for hydroxylation is 1. The van der Waals surface area contributed by atoms with Gasteiger partial charge in [0.15, 0.2) is 12.2 Å². The van der Waals surface area contributed by atoms with Crippen LogP contribution in [0.3, 0.4) is 0 Å². The summed E-state index contributed by atoms with van der Waals surface area (Å²) in [6, 6.07) is 15.8. The lowest BCUT2D eigenvalue weighted by Gasteiger charge is -2.02. The molecule has 0 saturated carbocycles. The summed E-state index contributed by atoms with van der Waals surface area (Å²) in [4.78, 5) is 27.2. The second kappa shape index (κ2) is 8.44.